The Morgan fingerprint density at radius 3 is 2.84 bits per heavy atom. The second-order valence-corrected chi connectivity index (χ2v) is 5.21. The highest BCUT2D eigenvalue weighted by molar-refractivity contribution is 5.85. The number of hydrogen-bond donors (Lipinski definition) is 2. The molecular weight excluding hydrogens is 240 g/mol. The molecule has 1 aliphatic rings. The van der Waals surface area contributed by atoms with E-state index < -0.39 is 0 Å². The summed E-state index contributed by atoms with van der Waals surface area (Å²) in [5.41, 5.74) is 8.55. The van der Waals surface area contributed by atoms with E-state index in [0.29, 0.717) is 6.54 Å². The molecule has 0 atom stereocenters. The van der Waals surface area contributed by atoms with E-state index in [1.165, 1.54) is 10.9 Å². The second kappa shape index (κ2) is 4.87. The summed E-state index contributed by atoms with van der Waals surface area (Å²) in [5.74, 6) is 0.882. The van der Waals surface area contributed by atoms with Gasteiger partial charge in [-0.3, -0.25) is 0 Å². The van der Waals surface area contributed by atoms with Gasteiger partial charge in [0.15, 0.2) is 0 Å². The summed E-state index contributed by atoms with van der Waals surface area (Å²) in [6.45, 7) is 2.22. The molecule has 19 heavy (non-hydrogen) atoms. The molecule has 3 N–H and O–H groups in total. The van der Waals surface area contributed by atoms with Crippen molar-refractivity contribution >= 4 is 10.9 Å². The molecule has 0 amide bonds. The van der Waals surface area contributed by atoms with Crippen LogP contribution in [0.4, 0.5) is 0 Å². The van der Waals surface area contributed by atoms with Crippen molar-refractivity contribution in [2.75, 3.05) is 26.9 Å². The van der Waals surface area contributed by atoms with E-state index in [-0.39, 0.29) is 5.41 Å². The number of methoxy groups -OCH3 is 1. The van der Waals surface area contributed by atoms with Crippen molar-refractivity contribution in [2.45, 2.75) is 18.3 Å². The monoisotopic (exact) mass is 260 g/mol. The first kappa shape index (κ1) is 12.5. The number of nitrogens with two attached hydrogens (primary N) is 1. The van der Waals surface area contributed by atoms with E-state index >= 15 is 0 Å². The van der Waals surface area contributed by atoms with Crippen LogP contribution in [0.25, 0.3) is 10.9 Å². The summed E-state index contributed by atoms with van der Waals surface area (Å²) < 4.78 is 10.8. The van der Waals surface area contributed by atoms with Crippen LogP contribution in [0.15, 0.2) is 24.4 Å². The summed E-state index contributed by atoms with van der Waals surface area (Å²) in [6, 6.07) is 6.12. The van der Waals surface area contributed by atoms with Gasteiger partial charge in [-0.2, -0.15) is 0 Å². The van der Waals surface area contributed by atoms with Gasteiger partial charge in [-0.25, -0.2) is 0 Å². The molecule has 1 fully saturated rings. The van der Waals surface area contributed by atoms with Crippen LogP contribution in [0.5, 0.6) is 5.75 Å². The minimum atomic E-state index is 0.0306. The van der Waals surface area contributed by atoms with Gasteiger partial charge in [0.1, 0.15) is 5.75 Å². The molecule has 1 saturated heterocycles. The van der Waals surface area contributed by atoms with Gasteiger partial charge in [0.25, 0.3) is 0 Å². The van der Waals surface area contributed by atoms with Crippen molar-refractivity contribution in [2.24, 2.45) is 5.73 Å². The van der Waals surface area contributed by atoms with Crippen molar-refractivity contribution in [1.29, 1.82) is 0 Å². The Kier molecular flexibility index (Phi) is 3.21. The Morgan fingerprint density at radius 2 is 2.16 bits per heavy atom. The third-order valence-electron chi connectivity index (χ3n) is 4.30. The Hall–Kier alpha value is -1.52. The van der Waals surface area contributed by atoms with E-state index in [2.05, 4.69) is 23.3 Å². The summed E-state index contributed by atoms with van der Waals surface area (Å²) in [4.78, 5) is 3.34. The number of aromatic nitrogens is 1. The van der Waals surface area contributed by atoms with Crippen LogP contribution in [-0.2, 0) is 10.2 Å². The molecule has 0 bridgehead atoms. The Morgan fingerprint density at radius 1 is 1.37 bits per heavy atom. The summed E-state index contributed by atoms with van der Waals surface area (Å²) in [6.07, 6.45) is 4.06. The zero-order valence-corrected chi connectivity index (χ0v) is 11.2. The average Bonchev–Trinajstić information content (AvgIpc) is 2.91. The van der Waals surface area contributed by atoms with Gasteiger partial charge >= 0.3 is 0 Å². The van der Waals surface area contributed by atoms with Crippen LogP contribution in [0.2, 0.25) is 0 Å². The molecule has 1 aromatic carbocycles. The molecule has 1 aromatic heterocycles. The van der Waals surface area contributed by atoms with Crippen LogP contribution in [0, 0.1) is 0 Å². The van der Waals surface area contributed by atoms with Crippen molar-refractivity contribution < 1.29 is 9.47 Å². The number of H-pyrrole nitrogens is 1. The van der Waals surface area contributed by atoms with Crippen molar-refractivity contribution in [3.05, 3.63) is 30.0 Å². The van der Waals surface area contributed by atoms with Gasteiger partial charge in [0.2, 0.25) is 0 Å². The van der Waals surface area contributed by atoms with Crippen LogP contribution < -0.4 is 10.5 Å². The summed E-state index contributed by atoms with van der Waals surface area (Å²) in [5, 5.41) is 1.21. The predicted molar refractivity (Wildman–Crippen MR) is 75.6 cm³/mol. The lowest BCUT2D eigenvalue weighted by Gasteiger charge is -2.36. The molecule has 2 heterocycles. The summed E-state index contributed by atoms with van der Waals surface area (Å²) >= 11 is 0. The van der Waals surface area contributed by atoms with Crippen LogP contribution >= 0.6 is 0 Å². The molecule has 1 aliphatic heterocycles. The maximum atomic E-state index is 6.09. The van der Waals surface area contributed by atoms with Gasteiger partial charge in [0.05, 0.1) is 7.11 Å². The maximum Gasteiger partial charge on any atom is 0.119 e. The number of benzene rings is 1. The first-order chi connectivity index (χ1) is 9.29. The molecule has 3 rings (SSSR count). The van der Waals surface area contributed by atoms with Gasteiger partial charge in [-0.15, -0.1) is 0 Å². The number of fused-ring (bicyclic) bond motifs is 1. The number of ether oxygens (including phenoxy) is 2. The van der Waals surface area contributed by atoms with Gasteiger partial charge in [-0.1, -0.05) is 0 Å². The molecule has 0 unspecified atom stereocenters. The third-order valence-corrected chi connectivity index (χ3v) is 4.30. The number of nitrogens with one attached hydrogen (secondary N) is 1. The third kappa shape index (κ3) is 2.01. The Labute approximate surface area is 112 Å². The molecule has 0 radical (unpaired) electrons. The van der Waals surface area contributed by atoms with E-state index in [1.54, 1.807) is 7.11 Å². The fraction of sp³-hybridized carbons (Fsp3) is 0.467. The minimum Gasteiger partial charge on any atom is -0.497 e. The predicted octanol–water partition coefficient (Wildman–Crippen LogP) is 2.18. The highest BCUT2D eigenvalue weighted by atomic mass is 16.5. The Balaban J connectivity index is 2.12. The molecule has 0 aliphatic carbocycles. The minimum absolute atomic E-state index is 0.0306. The molecular formula is C15H20N2O2. The zero-order chi connectivity index (χ0) is 13.3. The molecule has 2 aromatic rings. The lowest BCUT2D eigenvalue weighted by Crippen LogP contribution is -2.40. The van der Waals surface area contributed by atoms with Crippen molar-refractivity contribution in [3.63, 3.8) is 0 Å². The molecule has 0 saturated carbocycles. The van der Waals surface area contributed by atoms with Gasteiger partial charge in [-0.05, 0) is 36.6 Å². The lowest BCUT2D eigenvalue weighted by molar-refractivity contribution is 0.0534. The largest absolute Gasteiger partial charge is 0.497 e. The summed E-state index contributed by atoms with van der Waals surface area (Å²) in [7, 11) is 1.70. The number of rotatable bonds is 3. The van der Waals surface area contributed by atoms with E-state index in [9.17, 15) is 0 Å². The van der Waals surface area contributed by atoms with Crippen LogP contribution in [0.1, 0.15) is 18.4 Å². The Bertz CT molecular complexity index is 571. The lowest BCUT2D eigenvalue weighted by atomic mass is 9.74. The van der Waals surface area contributed by atoms with Crippen molar-refractivity contribution in [1.82, 2.24) is 4.98 Å². The molecule has 4 heteroatoms. The molecule has 4 nitrogen and oxygen atoms in total. The number of hydrogen-bond acceptors (Lipinski definition) is 3. The zero-order valence-electron chi connectivity index (χ0n) is 11.2. The highest BCUT2D eigenvalue weighted by Crippen LogP contribution is 2.38. The molecule has 102 valence electrons. The van der Waals surface area contributed by atoms with Crippen LogP contribution in [0.3, 0.4) is 0 Å². The number of aromatic amines is 1. The topological polar surface area (TPSA) is 60.3 Å². The van der Waals surface area contributed by atoms with Crippen LogP contribution in [-0.4, -0.2) is 31.9 Å². The quantitative estimate of drug-likeness (QED) is 0.889. The van der Waals surface area contributed by atoms with Crippen molar-refractivity contribution in [3.8, 4) is 5.75 Å². The normalized spacial score (nSPS) is 18.6. The van der Waals surface area contributed by atoms with E-state index in [4.69, 9.17) is 15.2 Å². The van der Waals surface area contributed by atoms with E-state index in [0.717, 1.165) is 37.3 Å². The fourth-order valence-corrected chi connectivity index (χ4v) is 3.01. The maximum absolute atomic E-state index is 6.09. The van der Waals surface area contributed by atoms with E-state index in [1.807, 2.05) is 6.07 Å². The molecule has 0 spiro atoms. The van der Waals surface area contributed by atoms with Gasteiger partial charge in [0, 0.05) is 42.3 Å². The smallest absolute Gasteiger partial charge is 0.119 e. The first-order valence-corrected chi connectivity index (χ1v) is 6.72. The standard InChI is InChI=1S/C15H20N2O2/c1-18-11-2-3-14-12(8-11)13(9-17-14)15(10-16)4-6-19-7-5-15/h2-3,8-9,17H,4-7,10,16H2,1H3. The SMILES string of the molecule is COc1ccc2[nH]cc(C3(CN)CCOCC3)c2c1. The first-order valence-electron chi connectivity index (χ1n) is 6.72. The highest BCUT2D eigenvalue weighted by Gasteiger charge is 2.35. The second-order valence-electron chi connectivity index (χ2n) is 5.21. The fourth-order valence-electron chi connectivity index (χ4n) is 3.01. The van der Waals surface area contributed by atoms with Gasteiger partial charge < -0.3 is 20.2 Å². The average molecular weight is 260 g/mol.